The summed E-state index contributed by atoms with van der Waals surface area (Å²) in [5.41, 5.74) is -1.06. The fourth-order valence-corrected chi connectivity index (χ4v) is 5.94. The maximum atomic E-state index is 13.8. The van der Waals surface area contributed by atoms with E-state index in [9.17, 15) is 37.6 Å². The molecule has 1 aromatic heterocycles. The van der Waals surface area contributed by atoms with Crippen molar-refractivity contribution in [3.63, 3.8) is 0 Å². The number of fused-ring (bicyclic) bond motifs is 2. The van der Waals surface area contributed by atoms with Gasteiger partial charge in [-0.2, -0.15) is 14.0 Å². The highest BCUT2D eigenvalue weighted by atomic mass is 35.5. The summed E-state index contributed by atoms with van der Waals surface area (Å²) >= 11 is 4.86. The number of alkyl halides is 3. The van der Waals surface area contributed by atoms with Crippen molar-refractivity contribution in [2.75, 3.05) is 11.9 Å². The van der Waals surface area contributed by atoms with E-state index in [0.29, 0.717) is 0 Å². The average molecular weight is 583 g/mol. The summed E-state index contributed by atoms with van der Waals surface area (Å²) in [6.07, 6.45) is 0.780. The van der Waals surface area contributed by atoms with Crippen molar-refractivity contribution < 1.29 is 32.3 Å². The van der Waals surface area contributed by atoms with Crippen LogP contribution in [0.25, 0.3) is 0 Å². The first kappa shape index (κ1) is 29.6. The lowest BCUT2D eigenvalue weighted by atomic mass is 9.85. The zero-order chi connectivity index (χ0) is 29.9. The van der Waals surface area contributed by atoms with Gasteiger partial charge in [0, 0.05) is 12.1 Å². The maximum Gasteiger partial charge on any atom is 0.399 e. The highest BCUT2D eigenvalue weighted by Crippen LogP contribution is 2.65. The molecule has 0 spiro atoms. The number of hydrogen-bond acceptors (Lipinski definition) is 6. The number of rotatable bonds is 7. The van der Waals surface area contributed by atoms with Crippen LogP contribution in [0.2, 0.25) is 0 Å². The fourth-order valence-electron chi connectivity index (χ4n) is 5.88. The Bertz CT molecular complexity index is 1300. The quantitative estimate of drug-likeness (QED) is 0.421. The molecule has 2 fully saturated rings. The molecule has 4 amide bonds. The SMILES string of the molecule is CC(C)(C)C(NC(=O)C(F)(F)Cl)C(=O)N1CC2C(C1C(=O)NC(C#N)CC1C(=O)Nc3ncc(F)cc31)C2(C)C. The molecular weight excluding hydrogens is 553 g/mol. The number of likely N-dealkylation sites (tertiary alicyclic amines) is 1. The summed E-state index contributed by atoms with van der Waals surface area (Å²) in [6.45, 7) is 8.74. The minimum atomic E-state index is -4.24. The van der Waals surface area contributed by atoms with Gasteiger partial charge in [0.15, 0.2) is 0 Å². The summed E-state index contributed by atoms with van der Waals surface area (Å²) in [5, 5.41) is 12.7. The summed E-state index contributed by atoms with van der Waals surface area (Å²) < 4.78 is 40.7. The number of nitriles is 1. The number of nitrogens with one attached hydrogen (secondary N) is 3. The van der Waals surface area contributed by atoms with Crippen molar-refractivity contribution in [1.29, 1.82) is 5.26 Å². The molecule has 14 heteroatoms. The third-order valence-electron chi connectivity index (χ3n) is 8.17. The van der Waals surface area contributed by atoms with E-state index in [1.165, 1.54) is 4.90 Å². The van der Waals surface area contributed by atoms with Gasteiger partial charge in [-0.05, 0) is 46.8 Å². The Morgan fingerprint density at radius 2 is 1.95 bits per heavy atom. The highest BCUT2D eigenvalue weighted by molar-refractivity contribution is 6.32. The van der Waals surface area contributed by atoms with Gasteiger partial charge in [-0.3, -0.25) is 19.2 Å². The summed E-state index contributed by atoms with van der Waals surface area (Å²) in [5.74, 6) is -5.50. The molecule has 1 aliphatic carbocycles. The van der Waals surface area contributed by atoms with Crippen LogP contribution < -0.4 is 16.0 Å². The van der Waals surface area contributed by atoms with E-state index in [1.54, 1.807) is 20.8 Å². The predicted molar refractivity (Wildman–Crippen MR) is 136 cm³/mol. The Hall–Kier alpha value is -3.40. The highest BCUT2D eigenvalue weighted by Gasteiger charge is 2.70. The number of carbonyl (C=O) groups is 4. The number of halogens is 4. The first-order chi connectivity index (χ1) is 18.4. The second kappa shape index (κ2) is 9.90. The van der Waals surface area contributed by atoms with E-state index in [2.05, 4.69) is 15.6 Å². The van der Waals surface area contributed by atoms with Crippen LogP contribution in [0.1, 0.15) is 52.5 Å². The predicted octanol–water partition coefficient (Wildman–Crippen LogP) is 2.50. The van der Waals surface area contributed by atoms with E-state index in [1.807, 2.05) is 25.2 Å². The van der Waals surface area contributed by atoms with Crippen LogP contribution in [0.4, 0.5) is 19.0 Å². The molecule has 1 saturated heterocycles. The summed E-state index contributed by atoms with van der Waals surface area (Å²) in [6, 6.07) is -0.563. The first-order valence-corrected chi connectivity index (χ1v) is 13.1. The van der Waals surface area contributed by atoms with Crippen molar-refractivity contribution in [1.82, 2.24) is 20.5 Å². The molecule has 0 bridgehead atoms. The Morgan fingerprint density at radius 1 is 1.30 bits per heavy atom. The first-order valence-electron chi connectivity index (χ1n) is 12.7. The molecule has 3 N–H and O–H groups in total. The van der Waals surface area contributed by atoms with Crippen LogP contribution >= 0.6 is 11.6 Å². The minimum Gasteiger partial charge on any atom is -0.339 e. The van der Waals surface area contributed by atoms with E-state index in [0.717, 1.165) is 12.3 Å². The van der Waals surface area contributed by atoms with Gasteiger partial charge in [0.2, 0.25) is 17.7 Å². The molecular formula is C26H30ClF3N6O4. The number of aromatic nitrogens is 1. The lowest BCUT2D eigenvalue weighted by Crippen LogP contribution is -2.61. The molecule has 2 aliphatic heterocycles. The van der Waals surface area contributed by atoms with Crippen LogP contribution in [0, 0.1) is 39.8 Å². The zero-order valence-corrected chi connectivity index (χ0v) is 23.3. The standard InChI is InChI=1S/C26H30ClF3N6O4/c1-24(2,3)18(34-23(40)26(27,29)30)22(39)36-10-15-16(25(15,4)5)17(36)21(38)33-12(8-31)7-14-13-6-11(28)9-32-19(13)35-20(14)37/h6,9,12,14-18H,7,10H2,1-5H3,(H,33,38)(H,34,40)(H,32,35,37). The van der Waals surface area contributed by atoms with Gasteiger partial charge in [-0.1, -0.05) is 34.6 Å². The Labute approximate surface area is 234 Å². The van der Waals surface area contributed by atoms with Crippen LogP contribution in [0.3, 0.4) is 0 Å². The molecule has 216 valence electrons. The van der Waals surface area contributed by atoms with E-state index in [-0.39, 0.29) is 41.6 Å². The largest absolute Gasteiger partial charge is 0.399 e. The number of amides is 4. The number of nitrogens with zero attached hydrogens (tertiary/aromatic N) is 3. The molecule has 6 atom stereocenters. The Balaban J connectivity index is 1.55. The fraction of sp³-hybridized carbons (Fsp3) is 0.615. The van der Waals surface area contributed by atoms with Crippen molar-refractivity contribution in [3.8, 4) is 6.07 Å². The number of anilines is 1. The van der Waals surface area contributed by atoms with Crippen molar-refractivity contribution in [2.45, 2.75) is 70.5 Å². The second-order valence-corrected chi connectivity index (χ2v) is 12.7. The molecule has 1 saturated carbocycles. The molecule has 3 aliphatic rings. The molecule has 1 aromatic rings. The third-order valence-corrected chi connectivity index (χ3v) is 8.34. The normalized spacial score (nSPS) is 26.1. The van der Waals surface area contributed by atoms with Crippen LogP contribution in [0.15, 0.2) is 12.3 Å². The number of piperidine rings is 1. The third kappa shape index (κ3) is 5.33. The van der Waals surface area contributed by atoms with Crippen LogP contribution in [-0.2, 0) is 19.2 Å². The van der Waals surface area contributed by atoms with Gasteiger partial charge in [-0.25, -0.2) is 9.37 Å². The molecule has 3 heterocycles. The van der Waals surface area contributed by atoms with Gasteiger partial charge >= 0.3 is 11.3 Å². The second-order valence-electron chi connectivity index (χ2n) is 12.2. The Morgan fingerprint density at radius 3 is 2.52 bits per heavy atom. The molecule has 0 aromatic carbocycles. The number of pyridine rings is 1. The molecule has 40 heavy (non-hydrogen) atoms. The van der Waals surface area contributed by atoms with E-state index in [4.69, 9.17) is 11.6 Å². The molecule has 4 rings (SSSR count). The smallest absolute Gasteiger partial charge is 0.339 e. The zero-order valence-electron chi connectivity index (χ0n) is 22.5. The van der Waals surface area contributed by atoms with E-state index < -0.39 is 64.3 Å². The Kier molecular flexibility index (Phi) is 7.32. The van der Waals surface area contributed by atoms with Gasteiger partial charge in [0.1, 0.15) is 29.8 Å². The molecule has 10 nitrogen and oxygen atoms in total. The van der Waals surface area contributed by atoms with Gasteiger partial charge < -0.3 is 20.9 Å². The summed E-state index contributed by atoms with van der Waals surface area (Å²) in [7, 11) is 0. The minimum absolute atomic E-state index is 0.0694. The topological polar surface area (TPSA) is 144 Å². The number of carbonyl (C=O) groups excluding carboxylic acids is 4. The van der Waals surface area contributed by atoms with Gasteiger partial charge in [-0.15, -0.1) is 0 Å². The van der Waals surface area contributed by atoms with Crippen molar-refractivity contribution >= 4 is 41.0 Å². The van der Waals surface area contributed by atoms with Crippen molar-refractivity contribution in [2.24, 2.45) is 22.7 Å². The van der Waals surface area contributed by atoms with Crippen LogP contribution in [-0.4, -0.2) is 63.6 Å². The summed E-state index contributed by atoms with van der Waals surface area (Å²) in [4.78, 5) is 56.9. The van der Waals surface area contributed by atoms with Gasteiger partial charge in [0.25, 0.3) is 0 Å². The lowest BCUT2D eigenvalue weighted by molar-refractivity contribution is -0.148. The molecule has 6 unspecified atom stereocenters. The van der Waals surface area contributed by atoms with E-state index >= 15 is 0 Å². The lowest BCUT2D eigenvalue weighted by Gasteiger charge is -2.38. The maximum absolute atomic E-state index is 13.8. The molecule has 0 radical (unpaired) electrons. The average Bonchev–Trinajstić information content (AvgIpc) is 3.14. The van der Waals surface area contributed by atoms with Gasteiger partial charge in [0.05, 0.1) is 18.2 Å². The monoisotopic (exact) mass is 582 g/mol. The van der Waals surface area contributed by atoms with Crippen molar-refractivity contribution in [3.05, 3.63) is 23.6 Å². The van der Waals surface area contributed by atoms with Crippen LogP contribution in [0.5, 0.6) is 0 Å². The number of hydrogen-bond donors (Lipinski definition) is 3.